The van der Waals surface area contributed by atoms with Gasteiger partial charge in [0, 0.05) is 31.4 Å². The lowest BCUT2D eigenvalue weighted by Gasteiger charge is -2.19. The highest BCUT2D eigenvalue weighted by Gasteiger charge is 2.10. The molecular formula is C19H22N4O. The number of anilines is 2. The van der Waals surface area contributed by atoms with Gasteiger partial charge < -0.3 is 10.2 Å². The molecule has 1 N–H and O–H groups in total. The van der Waals surface area contributed by atoms with Crippen molar-refractivity contribution in [1.29, 1.82) is 5.26 Å². The summed E-state index contributed by atoms with van der Waals surface area (Å²) in [6.45, 7) is 8.52. The third-order valence-electron chi connectivity index (χ3n) is 3.85. The Morgan fingerprint density at radius 1 is 1.33 bits per heavy atom. The van der Waals surface area contributed by atoms with Crippen LogP contribution in [0.25, 0.3) is 0 Å². The molecule has 0 atom stereocenters. The number of carbonyl (C=O) groups is 1. The van der Waals surface area contributed by atoms with Gasteiger partial charge >= 0.3 is 0 Å². The highest BCUT2D eigenvalue weighted by atomic mass is 16.2. The summed E-state index contributed by atoms with van der Waals surface area (Å²) in [4.78, 5) is 17.7. The first-order chi connectivity index (χ1) is 11.4. The Kier molecular flexibility index (Phi) is 5.54. The second kappa shape index (κ2) is 7.60. The van der Waals surface area contributed by atoms with Gasteiger partial charge in [-0.05, 0) is 44.5 Å². The maximum absolute atomic E-state index is 11.6. The molecule has 0 spiro atoms. The number of nitrogens with one attached hydrogen (secondary N) is 1. The van der Waals surface area contributed by atoms with Crippen LogP contribution in [0.3, 0.4) is 0 Å². The largest absolute Gasteiger partial charge is 0.354 e. The van der Waals surface area contributed by atoms with Crippen LogP contribution in [-0.2, 0) is 11.3 Å². The van der Waals surface area contributed by atoms with Crippen LogP contribution in [0.5, 0.6) is 0 Å². The van der Waals surface area contributed by atoms with E-state index in [1.807, 2.05) is 51.1 Å². The molecule has 0 aliphatic carbocycles. The lowest BCUT2D eigenvalue weighted by atomic mass is 10.1. The standard InChI is InChI=1S/C19H22N4O/c1-5-23(15(4)24)12-16-7-6-8-17(10-16)22-19-9-13(2)21-14(3)18(19)11-20/h6-10H,5,12H2,1-4H3,(H,21,22). The molecule has 124 valence electrons. The van der Waals surface area contributed by atoms with Crippen molar-refractivity contribution < 1.29 is 4.79 Å². The molecule has 1 heterocycles. The van der Waals surface area contributed by atoms with Gasteiger partial charge in [0.2, 0.25) is 5.91 Å². The van der Waals surface area contributed by atoms with Crippen molar-refractivity contribution in [3.63, 3.8) is 0 Å². The van der Waals surface area contributed by atoms with Crippen molar-refractivity contribution in [2.75, 3.05) is 11.9 Å². The summed E-state index contributed by atoms with van der Waals surface area (Å²) in [7, 11) is 0. The molecule has 5 heteroatoms. The number of carbonyl (C=O) groups excluding carboxylic acids is 1. The van der Waals surface area contributed by atoms with Crippen LogP contribution >= 0.6 is 0 Å². The van der Waals surface area contributed by atoms with E-state index in [2.05, 4.69) is 16.4 Å². The van der Waals surface area contributed by atoms with E-state index in [0.29, 0.717) is 24.3 Å². The maximum Gasteiger partial charge on any atom is 0.219 e. The number of nitriles is 1. The quantitative estimate of drug-likeness (QED) is 0.911. The molecule has 1 aromatic carbocycles. The summed E-state index contributed by atoms with van der Waals surface area (Å²) in [5.74, 6) is 0.0583. The smallest absolute Gasteiger partial charge is 0.219 e. The van der Waals surface area contributed by atoms with Crippen molar-refractivity contribution >= 4 is 17.3 Å². The normalized spacial score (nSPS) is 10.1. The van der Waals surface area contributed by atoms with Gasteiger partial charge in [-0.2, -0.15) is 5.26 Å². The predicted octanol–water partition coefficient (Wildman–Crippen LogP) is 3.68. The van der Waals surface area contributed by atoms with Crippen molar-refractivity contribution in [3.05, 3.63) is 52.8 Å². The minimum absolute atomic E-state index is 0.0583. The Morgan fingerprint density at radius 2 is 2.08 bits per heavy atom. The third kappa shape index (κ3) is 4.11. The number of aryl methyl sites for hydroxylation is 2. The van der Waals surface area contributed by atoms with Crippen LogP contribution in [0, 0.1) is 25.2 Å². The van der Waals surface area contributed by atoms with Crippen LogP contribution in [0.2, 0.25) is 0 Å². The van der Waals surface area contributed by atoms with Gasteiger partial charge in [0.25, 0.3) is 0 Å². The first-order valence-electron chi connectivity index (χ1n) is 7.94. The minimum Gasteiger partial charge on any atom is -0.354 e. The first kappa shape index (κ1) is 17.5. The zero-order valence-electron chi connectivity index (χ0n) is 14.6. The minimum atomic E-state index is 0.0583. The van der Waals surface area contributed by atoms with E-state index in [-0.39, 0.29) is 5.91 Å². The molecular weight excluding hydrogens is 300 g/mol. The highest BCUT2D eigenvalue weighted by molar-refractivity contribution is 5.73. The number of nitrogens with zero attached hydrogens (tertiary/aromatic N) is 3. The number of pyridine rings is 1. The van der Waals surface area contributed by atoms with E-state index in [0.717, 1.165) is 22.6 Å². The van der Waals surface area contributed by atoms with Gasteiger partial charge in [0.1, 0.15) is 6.07 Å². The number of rotatable bonds is 5. The number of hydrogen-bond acceptors (Lipinski definition) is 4. The van der Waals surface area contributed by atoms with E-state index >= 15 is 0 Å². The second-order valence-electron chi connectivity index (χ2n) is 5.74. The molecule has 1 aromatic heterocycles. The zero-order valence-corrected chi connectivity index (χ0v) is 14.6. The topological polar surface area (TPSA) is 69.0 Å². The van der Waals surface area contributed by atoms with Crippen LogP contribution in [0.1, 0.15) is 36.4 Å². The summed E-state index contributed by atoms with van der Waals surface area (Å²) in [6.07, 6.45) is 0. The van der Waals surface area contributed by atoms with Gasteiger partial charge in [-0.15, -0.1) is 0 Å². The SMILES string of the molecule is CCN(Cc1cccc(Nc2cc(C)nc(C)c2C#N)c1)C(C)=O. The molecule has 0 unspecified atom stereocenters. The molecule has 0 saturated heterocycles. The fourth-order valence-electron chi connectivity index (χ4n) is 2.64. The fourth-order valence-corrected chi connectivity index (χ4v) is 2.64. The Morgan fingerprint density at radius 3 is 2.71 bits per heavy atom. The average Bonchev–Trinajstić information content (AvgIpc) is 2.52. The first-order valence-corrected chi connectivity index (χ1v) is 7.94. The fraction of sp³-hybridized carbons (Fsp3) is 0.316. The molecule has 1 amide bonds. The Balaban J connectivity index is 2.28. The van der Waals surface area contributed by atoms with Gasteiger partial charge in [-0.1, -0.05) is 12.1 Å². The number of hydrogen-bond donors (Lipinski definition) is 1. The molecule has 5 nitrogen and oxygen atoms in total. The van der Waals surface area contributed by atoms with Gasteiger partial charge in [0.15, 0.2) is 0 Å². The van der Waals surface area contributed by atoms with Crippen molar-refractivity contribution in [2.24, 2.45) is 0 Å². The van der Waals surface area contributed by atoms with E-state index < -0.39 is 0 Å². The Bertz CT molecular complexity index is 792. The van der Waals surface area contributed by atoms with Crippen molar-refractivity contribution in [1.82, 2.24) is 9.88 Å². The molecule has 2 rings (SSSR count). The zero-order chi connectivity index (χ0) is 17.7. The van der Waals surface area contributed by atoms with Crippen LogP contribution in [0.4, 0.5) is 11.4 Å². The monoisotopic (exact) mass is 322 g/mol. The summed E-state index contributed by atoms with van der Waals surface area (Å²) in [5, 5.41) is 12.7. The summed E-state index contributed by atoms with van der Waals surface area (Å²) in [5.41, 5.74) is 4.79. The molecule has 0 saturated carbocycles. The number of amides is 1. The number of aromatic nitrogens is 1. The second-order valence-corrected chi connectivity index (χ2v) is 5.74. The van der Waals surface area contributed by atoms with Crippen LogP contribution in [-0.4, -0.2) is 22.3 Å². The predicted molar refractivity (Wildman–Crippen MR) is 94.9 cm³/mol. The van der Waals surface area contributed by atoms with Crippen LogP contribution < -0.4 is 5.32 Å². The maximum atomic E-state index is 11.6. The van der Waals surface area contributed by atoms with Gasteiger partial charge in [0.05, 0.1) is 16.9 Å². The molecule has 0 bridgehead atoms. The molecule has 2 aromatic rings. The Hall–Kier alpha value is -2.87. The van der Waals surface area contributed by atoms with Gasteiger partial charge in [-0.25, -0.2) is 0 Å². The summed E-state index contributed by atoms with van der Waals surface area (Å²) >= 11 is 0. The van der Waals surface area contributed by atoms with E-state index in [9.17, 15) is 10.1 Å². The molecule has 0 aliphatic heterocycles. The van der Waals surface area contributed by atoms with E-state index in [4.69, 9.17) is 0 Å². The lowest BCUT2D eigenvalue weighted by molar-refractivity contribution is -0.129. The van der Waals surface area contributed by atoms with Crippen LogP contribution in [0.15, 0.2) is 30.3 Å². The number of benzene rings is 1. The Labute approximate surface area is 142 Å². The lowest BCUT2D eigenvalue weighted by Crippen LogP contribution is -2.27. The third-order valence-corrected chi connectivity index (χ3v) is 3.85. The van der Waals surface area contributed by atoms with Gasteiger partial charge in [-0.3, -0.25) is 9.78 Å². The molecule has 24 heavy (non-hydrogen) atoms. The molecule has 0 aliphatic rings. The highest BCUT2D eigenvalue weighted by Crippen LogP contribution is 2.24. The average molecular weight is 322 g/mol. The molecule has 0 fully saturated rings. The van der Waals surface area contributed by atoms with Crippen molar-refractivity contribution in [3.8, 4) is 6.07 Å². The van der Waals surface area contributed by atoms with E-state index in [1.165, 1.54) is 0 Å². The summed E-state index contributed by atoms with van der Waals surface area (Å²) < 4.78 is 0. The summed E-state index contributed by atoms with van der Waals surface area (Å²) in [6, 6.07) is 11.9. The molecule has 0 radical (unpaired) electrons. The van der Waals surface area contributed by atoms with Crippen molar-refractivity contribution in [2.45, 2.75) is 34.2 Å². The van der Waals surface area contributed by atoms with E-state index in [1.54, 1.807) is 11.8 Å².